The first-order valence-corrected chi connectivity index (χ1v) is 5.89. The first kappa shape index (κ1) is 14.3. The van der Waals surface area contributed by atoms with Crippen molar-refractivity contribution in [2.45, 2.75) is 46.1 Å². The molecule has 0 saturated carbocycles. The van der Waals surface area contributed by atoms with Crippen LogP contribution in [0.15, 0.2) is 4.79 Å². The predicted molar refractivity (Wildman–Crippen MR) is 69.5 cm³/mol. The number of nitrogens with one attached hydrogen (secondary N) is 2. The Bertz CT molecular complexity index is 493. The average molecular weight is 255 g/mol. The molecule has 0 saturated heterocycles. The van der Waals surface area contributed by atoms with E-state index in [1.165, 1.54) is 4.68 Å². The van der Waals surface area contributed by atoms with Crippen molar-refractivity contribution in [1.82, 2.24) is 19.8 Å². The second-order valence-electron chi connectivity index (χ2n) is 5.45. The van der Waals surface area contributed by atoms with Crippen molar-refractivity contribution in [2.24, 2.45) is 0 Å². The summed E-state index contributed by atoms with van der Waals surface area (Å²) in [7, 11) is 1.61. The Morgan fingerprint density at radius 2 is 1.89 bits per heavy atom. The lowest BCUT2D eigenvalue weighted by Crippen LogP contribution is -2.47. The summed E-state index contributed by atoms with van der Waals surface area (Å²) in [6.07, 6.45) is 0. The van der Waals surface area contributed by atoms with E-state index in [0.29, 0.717) is 5.82 Å². The molecule has 0 aliphatic heterocycles. The van der Waals surface area contributed by atoms with Gasteiger partial charge in [0.25, 0.3) is 0 Å². The van der Waals surface area contributed by atoms with E-state index in [1.807, 2.05) is 34.6 Å². The Labute approximate surface area is 106 Å². The third kappa shape index (κ3) is 2.91. The van der Waals surface area contributed by atoms with Gasteiger partial charge in [-0.05, 0) is 20.8 Å². The van der Waals surface area contributed by atoms with E-state index >= 15 is 0 Å². The SMILES string of the molecule is CNn1c(C(C)C)nn(C(=O)NC(C)(C)C)c1=O. The van der Waals surface area contributed by atoms with Crippen LogP contribution in [-0.2, 0) is 0 Å². The van der Waals surface area contributed by atoms with E-state index in [0.717, 1.165) is 4.68 Å². The van der Waals surface area contributed by atoms with Crippen LogP contribution < -0.4 is 16.4 Å². The summed E-state index contributed by atoms with van der Waals surface area (Å²) < 4.78 is 2.12. The standard InChI is InChI=1S/C11H21N5O2/c1-7(2)8-14-16(10(18)15(8)12-6)9(17)13-11(3,4)5/h7,12H,1-6H3,(H,13,17). The van der Waals surface area contributed by atoms with Crippen LogP contribution >= 0.6 is 0 Å². The quantitative estimate of drug-likeness (QED) is 0.815. The molecular weight excluding hydrogens is 234 g/mol. The van der Waals surface area contributed by atoms with Crippen molar-refractivity contribution >= 4 is 6.03 Å². The lowest BCUT2D eigenvalue weighted by atomic mass is 10.1. The van der Waals surface area contributed by atoms with Gasteiger partial charge in [-0.1, -0.05) is 13.8 Å². The highest BCUT2D eigenvalue weighted by atomic mass is 16.2. The molecular formula is C11H21N5O2. The Kier molecular flexibility index (Phi) is 3.83. The summed E-state index contributed by atoms with van der Waals surface area (Å²) in [6, 6.07) is -0.525. The van der Waals surface area contributed by atoms with Crippen LogP contribution in [0.25, 0.3) is 0 Å². The fourth-order valence-electron chi connectivity index (χ4n) is 1.47. The number of carbonyl (C=O) groups excluding carboxylic acids is 1. The van der Waals surface area contributed by atoms with Gasteiger partial charge in [0.15, 0.2) is 5.82 Å². The van der Waals surface area contributed by atoms with Crippen LogP contribution in [-0.4, -0.2) is 33.1 Å². The fourth-order valence-corrected chi connectivity index (χ4v) is 1.47. The highest BCUT2D eigenvalue weighted by Gasteiger charge is 2.22. The molecule has 18 heavy (non-hydrogen) atoms. The maximum atomic E-state index is 12.0. The monoisotopic (exact) mass is 255 g/mol. The molecule has 0 radical (unpaired) electrons. The number of hydrogen-bond acceptors (Lipinski definition) is 4. The van der Waals surface area contributed by atoms with E-state index in [1.54, 1.807) is 7.05 Å². The van der Waals surface area contributed by atoms with Gasteiger partial charge in [-0.15, -0.1) is 9.78 Å². The van der Waals surface area contributed by atoms with Crippen molar-refractivity contribution < 1.29 is 4.79 Å². The largest absolute Gasteiger partial charge is 0.373 e. The summed E-state index contributed by atoms with van der Waals surface area (Å²) in [5.74, 6) is 0.556. The number of aromatic nitrogens is 3. The summed E-state index contributed by atoms with van der Waals surface area (Å²) in [6.45, 7) is 9.33. The maximum Gasteiger partial charge on any atom is 0.373 e. The van der Waals surface area contributed by atoms with Crippen LogP contribution in [0.4, 0.5) is 4.79 Å². The molecule has 7 nitrogen and oxygen atoms in total. The Morgan fingerprint density at radius 3 is 2.22 bits per heavy atom. The lowest BCUT2D eigenvalue weighted by Gasteiger charge is -2.19. The first-order chi connectivity index (χ1) is 8.17. The molecule has 2 N–H and O–H groups in total. The molecule has 1 aromatic rings. The van der Waals surface area contributed by atoms with E-state index in [-0.39, 0.29) is 5.92 Å². The summed E-state index contributed by atoms with van der Waals surface area (Å²) in [4.78, 5) is 23.9. The molecule has 0 aromatic carbocycles. The van der Waals surface area contributed by atoms with E-state index in [2.05, 4.69) is 15.8 Å². The van der Waals surface area contributed by atoms with Crippen molar-refractivity contribution in [1.29, 1.82) is 0 Å². The molecule has 102 valence electrons. The van der Waals surface area contributed by atoms with E-state index in [4.69, 9.17) is 0 Å². The molecule has 1 rings (SSSR count). The number of nitrogens with zero attached hydrogens (tertiary/aromatic N) is 3. The lowest BCUT2D eigenvalue weighted by molar-refractivity contribution is 0.229. The fraction of sp³-hybridized carbons (Fsp3) is 0.727. The van der Waals surface area contributed by atoms with Gasteiger partial charge >= 0.3 is 11.7 Å². The Hall–Kier alpha value is -1.79. The number of carbonyl (C=O) groups is 1. The summed E-state index contributed by atoms with van der Waals surface area (Å²) in [5.41, 5.74) is 1.81. The molecule has 7 heteroatoms. The van der Waals surface area contributed by atoms with Gasteiger partial charge in [-0.3, -0.25) is 0 Å². The molecule has 0 fully saturated rings. The van der Waals surface area contributed by atoms with Crippen LogP contribution in [0.2, 0.25) is 0 Å². The zero-order valence-electron chi connectivity index (χ0n) is 11.7. The number of amides is 1. The van der Waals surface area contributed by atoms with Gasteiger partial charge < -0.3 is 10.7 Å². The molecule has 1 heterocycles. The molecule has 0 bridgehead atoms. The third-order valence-electron chi connectivity index (χ3n) is 2.22. The van der Waals surface area contributed by atoms with Crippen molar-refractivity contribution in [2.75, 3.05) is 12.5 Å². The van der Waals surface area contributed by atoms with E-state index < -0.39 is 17.3 Å². The number of hydrogen-bond donors (Lipinski definition) is 2. The van der Waals surface area contributed by atoms with Crippen LogP contribution in [0.3, 0.4) is 0 Å². The van der Waals surface area contributed by atoms with Gasteiger partial charge in [0.05, 0.1) is 0 Å². The van der Waals surface area contributed by atoms with Gasteiger partial charge in [-0.25, -0.2) is 9.59 Å². The smallest absolute Gasteiger partial charge is 0.331 e. The molecule has 0 aliphatic rings. The molecule has 0 aliphatic carbocycles. The minimum atomic E-state index is -0.525. The van der Waals surface area contributed by atoms with Crippen LogP contribution in [0.1, 0.15) is 46.4 Å². The second kappa shape index (κ2) is 4.83. The van der Waals surface area contributed by atoms with E-state index in [9.17, 15) is 9.59 Å². The minimum Gasteiger partial charge on any atom is -0.331 e. The predicted octanol–water partition coefficient (Wildman–Crippen LogP) is 0.698. The molecule has 1 aromatic heterocycles. The van der Waals surface area contributed by atoms with Crippen molar-refractivity contribution in [3.05, 3.63) is 16.3 Å². The topological polar surface area (TPSA) is 81.0 Å². The molecule has 0 unspecified atom stereocenters. The van der Waals surface area contributed by atoms with Gasteiger partial charge in [-0.2, -0.15) is 4.68 Å². The molecule has 1 amide bonds. The maximum absolute atomic E-state index is 12.0. The average Bonchev–Trinajstić information content (AvgIpc) is 2.52. The third-order valence-corrected chi connectivity index (χ3v) is 2.22. The molecule has 0 spiro atoms. The van der Waals surface area contributed by atoms with Crippen LogP contribution in [0.5, 0.6) is 0 Å². The van der Waals surface area contributed by atoms with Crippen molar-refractivity contribution in [3.8, 4) is 0 Å². The highest BCUT2D eigenvalue weighted by Crippen LogP contribution is 2.08. The van der Waals surface area contributed by atoms with Gasteiger partial charge in [0, 0.05) is 18.5 Å². The van der Waals surface area contributed by atoms with Crippen molar-refractivity contribution in [3.63, 3.8) is 0 Å². The second-order valence-corrected chi connectivity index (χ2v) is 5.45. The highest BCUT2D eigenvalue weighted by molar-refractivity contribution is 5.76. The zero-order valence-corrected chi connectivity index (χ0v) is 11.7. The summed E-state index contributed by atoms with van der Waals surface area (Å²) >= 11 is 0. The Morgan fingerprint density at radius 1 is 1.33 bits per heavy atom. The molecule has 0 atom stereocenters. The summed E-state index contributed by atoms with van der Waals surface area (Å²) in [5, 5.41) is 6.76. The van der Waals surface area contributed by atoms with Crippen LogP contribution in [0, 0.1) is 0 Å². The van der Waals surface area contributed by atoms with Gasteiger partial charge in [0.2, 0.25) is 0 Å². The van der Waals surface area contributed by atoms with Gasteiger partial charge in [0.1, 0.15) is 0 Å². The zero-order chi connectivity index (χ0) is 14.1. The normalized spacial score (nSPS) is 11.7. The minimum absolute atomic E-state index is 0.0360. The first-order valence-electron chi connectivity index (χ1n) is 5.89. The Balaban J connectivity index is 3.19. The number of rotatable bonds is 2.